The van der Waals surface area contributed by atoms with Crippen LogP contribution >= 0.6 is 0 Å². The summed E-state index contributed by atoms with van der Waals surface area (Å²) in [6, 6.07) is 0. The van der Waals surface area contributed by atoms with Gasteiger partial charge in [0, 0.05) is 0 Å². The standard InChI is InChI=1S/CH2F.CH3.Ag/c1-2;;/h1H2;1H3;. The molecule has 0 heterocycles. The molecule has 0 aliphatic rings. The van der Waals surface area contributed by atoms with Gasteiger partial charge in [-0.05, 0) is 0 Å². The van der Waals surface area contributed by atoms with E-state index in [2.05, 4.69) is 0 Å². The number of rotatable bonds is 1. The van der Waals surface area contributed by atoms with E-state index in [-0.39, 0.29) is 4.89 Å². The van der Waals surface area contributed by atoms with E-state index in [1.165, 1.54) is 0 Å². The van der Waals surface area contributed by atoms with E-state index in [0.29, 0.717) is 19.8 Å². The third-order valence-corrected chi connectivity index (χ3v) is 0.477. The molecule has 0 rings (SSSR count). The Kier molecular flexibility index (Phi) is 4.29. The minimum atomic E-state index is -0.151. The predicted octanol–water partition coefficient (Wildman–Crippen LogP) is 1.04. The summed E-state index contributed by atoms with van der Waals surface area (Å²) in [5, 5.41) is 1.84. The fourth-order valence-corrected chi connectivity index (χ4v) is 0. The Balaban J connectivity index is 1.97. The van der Waals surface area contributed by atoms with Crippen LogP contribution in [0.3, 0.4) is 0 Å². The van der Waals surface area contributed by atoms with Crippen LogP contribution in [0.15, 0.2) is 0 Å². The summed E-state index contributed by atoms with van der Waals surface area (Å²) in [5.74, 6) is 0. The molecule has 0 atom stereocenters. The second-order valence-corrected chi connectivity index (χ2v) is 1.74. The van der Waals surface area contributed by atoms with Gasteiger partial charge in [-0.3, -0.25) is 0 Å². The molecular weight excluding hydrogens is 151 g/mol. The Labute approximate surface area is 34.7 Å². The van der Waals surface area contributed by atoms with Crippen molar-refractivity contribution in [2.45, 2.75) is 5.14 Å². The van der Waals surface area contributed by atoms with Gasteiger partial charge in [0.25, 0.3) is 0 Å². The van der Waals surface area contributed by atoms with E-state index in [1.807, 2.05) is 5.14 Å². The zero-order valence-electron chi connectivity index (χ0n) is 2.39. The fourth-order valence-electron chi connectivity index (χ4n) is 0. The molecule has 0 N–H and O–H groups in total. The van der Waals surface area contributed by atoms with Crippen molar-refractivity contribution in [3.05, 3.63) is 0 Å². The van der Waals surface area contributed by atoms with Gasteiger partial charge in [-0.2, -0.15) is 0 Å². The average molecular weight is 156 g/mol. The first kappa shape index (κ1) is 4.67. The molecule has 0 aromatic rings. The molecule has 0 bridgehead atoms. The zero-order chi connectivity index (χ0) is 3.41. The van der Waals surface area contributed by atoms with Crippen LogP contribution in [0, 0.1) is 0 Å². The van der Waals surface area contributed by atoms with Crippen molar-refractivity contribution in [3.8, 4) is 0 Å². The van der Waals surface area contributed by atoms with Gasteiger partial charge in [0.2, 0.25) is 0 Å². The van der Waals surface area contributed by atoms with Gasteiger partial charge < -0.3 is 0 Å². The molecular formula is C2H5AgF. The molecule has 0 saturated carbocycles. The minimum absolute atomic E-state index is 0.151. The van der Waals surface area contributed by atoms with Crippen LogP contribution in [-0.4, -0.2) is 4.89 Å². The van der Waals surface area contributed by atoms with E-state index in [9.17, 15) is 4.39 Å². The third kappa shape index (κ3) is 2.67. The van der Waals surface area contributed by atoms with E-state index in [1.54, 1.807) is 0 Å². The van der Waals surface area contributed by atoms with Crippen LogP contribution in [0.2, 0.25) is 5.14 Å². The molecule has 0 aliphatic carbocycles. The molecule has 0 aromatic carbocycles. The predicted molar refractivity (Wildman–Crippen MR) is 11.8 cm³/mol. The Hall–Kier alpha value is 0.670. The van der Waals surface area contributed by atoms with E-state index >= 15 is 0 Å². The summed E-state index contributed by atoms with van der Waals surface area (Å²) in [6.45, 7) is 0. The Morgan fingerprint density at radius 2 is 2.25 bits per heavy atom. The Bertz CT molecular complexity index is 8.00. The fraction of sp³-hybridized carbons (Fsp3) is 1.00. The Morgan fingerprint density at radius 1 is 2.00 bits per heavy atom. The first-order valence-corrected chi connectivity index (χ1v) is 3.31. The molecule has 2 heteroatoms. The van der Waals surface area contributed by atoms with Gasteiger partial charge in [-0.25, -0.2) is 0 Å². The molecule has 31 valence electrons. The molecule has 0 saturated heterocycles. The van der Waals surface area contributed by atoms with E-state index in [4.69, 9.17) is 0 Å². The first-order valence-electron chi connectivity index (χ1n) is 0.782. The van der Waals surface area contributed by atoms with E-state index in [0.717, 1.165) is 0 Å². The Morgan fingerprint density at radius 3 is 2.25 bits per heavy atom. The molecule has 0 fully saturated rings. The molecule has 0 unspecified atom stereocenters. The second-order valence-electron chi connectivity index (χ2n) is 0.294. The summed E-state index contributed by atoms with van der Waals surface area (Å²) >= 11 is 0.459. The number of halogens is 1. The SMILES string of the molecule is [CH3][Ag][CH2]F. The summed E-state index contributed by atoms with van der Waals surface area (Å²) in [4.78, 5) is -0.151. The summed E-state index contributed by atoms with van der Waals surface area (Å²) in [7, 11) is 0. The van der Waals surface area contributed by atoms with Crippen LogP contribution in [0.1, 0.15) is 0 Å². The van der Waals surface area contributed by atoms with Gasteiger partial charge in [-0.1, -0.05) is 0 Å². The molecule has 0 amide bonds. The number of alkyl halides is 1. The van der Waals surface area contributed by atoms with Crippen molar-refractivity contribution >= 4 is 0 Å². The average Bonchev–Trinajstić information content (AvgIpc) is 1.37. The van der Waals surface area contributed by atoms with Crippen LogP contribution in [-0.2, 0) is 19.8 Å². The molecule has 0 aliphatic heterocycles. The number of hydrogen-bond acceptors (Lipinski definition) is 0. The van der Waals surface area contributed by atoms with E-state index < -0.39 is 0 Å². The van der Waals surface area contributed by atoms with Crippen LogP contribution in [0.25, 0.3) is 0 Å². The van der Waals surface area contributed by atoms with Crippen molar-refractivity contribution in [1.82, 2.24) is 0 Å². The van der Waals surface area contributed by atoms with Crippen LogP contribution in [0.4, 0.5) is 4.39 Å². The van der Waals surface area contributed by atoms with Crippen molar-refractivity contribution in [2.75, 3.05) is 4.89 Å². The maximum atomic E-state index is 10.7. The molecule has 4 heavy (non-hydrogen) atoms. The zero-order valence-corrected chi connectivity index (χ0v) is 3.87. The molecule has 0 radical (unpaired) electrons. The maximum absolute atomic E-state index is 10.7. The summed E-state index contributed by atoms with van der Waals surface area (Å²) in [5.41, 5.74) is 0. The first-order chi connectivity index (χ1) is 1.91. The summed E-state index contributed by atoms with van der Waals surface area (Å²) in [6.07, 6.45) is 0. The quantitative estimate of drug-likeness (QED) is 0.497. The third-order valence-electron chi connectivity index (χ3n) is 0.0806. The van der Waals surface area contributed by atoms with Crippen molar-refractivity contribution in [1.29, 1.82) is 0 Å². The monoisotopic (exact) mass is 155 g/mol. The van der Waals surface area contributed by atoms with Crippen molar-refractivity contribution < 1.29 is 24.1 Å². The topological polar surface area (TPSA) is 0 Å². The van der Waals surface area contributed by atoms with Gasteiger partial charge in [0.05, 0.1) is 0 Å². The van der Waals surface area contributed by atoms with Crippen molar-refractivity contribution in [3.63, 3.8) is 0 Å². The second kappa shape index (κ2) is 3.67. The normalized spacial score (nSPS) is 8.50. The van der Waals surface area contributed by atoms with Gasteiger partial charge in [0.15, 0.2) is 0 Å². The molecule has 0 spiro atoms. The summed E-state index contributed by atoms with van der Waals surface area (Å²) < 4.78 is 10.7. The van der Waals surface area contributed by atoms with Gasteiger partial charge in [-0.15, -0.1) is 0 Å². The van der Waals surface area contributed by atoms with Crippen molar-refractivity contribution in [2.24, 2.45) is 0 Å². The van der Waals surface area contributed by atoms with Gasteiger partial charge in [0.1, 0.15) is 0 Å². The van der Waals surface area contributed by atoms with Crippen LogP contribution in [0.5, 0.6) is 0 Å². The number of hydrogen-bond donors (Lipinski definition) is 0. The molecule has 0 nitrogen and oxygen atoms in total. The molecule has 0 aromatic heterocycles. The van der Waals surface area contributed by atoms with Gasteiger partial charge >= 0.3 is 34.2 Å². The van der Waals surface area contributed by atoms with Crippen LogP contribution < -0.4 is 0 Å².